The van der Waals surface area contributed by atoms with Gasteiger partial charge in [0, 0.05) is 18.3 Å². The van der Waals surface area contributed by atoms with Crippen LogP contribution in [0.15, 0.2) is 41.3 Å². The summed E-state index contributed by atoms with van der Waals surface area (Å²) in [5.41, 5.74) is -1.96. The van der Waals surface area contributed by atoms with Crippen LogP contribution in [0.2, 0.25) is 0 Å². The Labute approximate surface area is 147 Å². The van der Waals surface area contributed by atoms with Gasteiger partial charge in [-0.25, -0.2) is 0 Å². The van der Waals surface area contributed by atoms with Gasteiger partial charge in [0.1, 0.15) is 12.1 Å². The van der Waals surface area contributed by atoms with E-state index in [1.54, 1.807) is 18.2 Å². The van der Waals surface area contributed by atoms with Gasteiger partial charge in [-0.2, -0.15) is 13.2 Å². The van der Waals surface area contributed by atoms with Crippen molar-refractivity contribution in [3.05, 3.63) is 58.0 Å². The number of hydrogen-bond acceptors (Lipinski definition) is 4. The quantitative estimate of drug-likeness (QED) is 0.847. The number of para-hydroxylation sites is 1. The number of nitrogens with zero attached hydrogens (tertiary/aromatic N) is 1. The highest BCUT2D eigenvalue weighted by atomic mass is 19.4. The summed E-state index contributed by atoms with van der Waals surface area (Å²) in [5.74, 6) is 0.302. The van der Waals surface area contributed by atoms with E-state index in [1.165, 1.54) is 14.2 Å². The predicted molar refractivity (Wildman–Crippen MR) is 87.1 cm³/mol. The van der Waals surface area contributed by atoms with Gasteiger partial charge in [0.25, 0.3) is 5.56 Å². The van der Waals surface area contributed by atoms with E-state index in [0.29, 0.717) is 27.7 Å². The van der Waals surface area contributed by atoms with E-state index in [-0.39, 0.29) is 6.54 Å². The number of halogens is 3. The molecular weight excluding hydrogens is 353 g/mol. The molecule has 0 radical (unpaired) electrons. The first-order chi connectivity index (χ1) is 12.3. The maximum Gasteiger partial charge on any atom is 0.421 e. The first-order valence-electron chi connectivity index (χ1n) is 7.51. The van der Waals surface area contributed by atoms with E-state index >= 15 is 0 Å². The molecule has 0 atom stereocenters. The molecule has 0 saturated carbocycles. The summed E-state index contributed by atoms with van der Waals surface area (Å²) in [6, 6.07) is 6.85. The Morgan fingerprint density at radius 1 is 1.15 bits per heavy atom. The molecule has 1 N–H and O–H groups in total. The lowest BCUT2D eigenvalue weighted by atomic mass is 10.2. The van der Waals surface area contributed by atoms with Crippen molar-refractivity contribution in [2.24, 2.45) is 0 Å². The van der Waals surface area contributed by atoms with Crippen molar-refractivity contribution >= 4 is 5.91 Å². The Morgan fingerprint density at radius 3 is 2.50 bits per heavy atom. The molecule has 26 heavy (non-hydrogen) atoms. The van der Waals surface area contributed by atoms with Gasteiger partial charge in [-0.1, -0.05) is 12.1 Å². The van der Waals surface area contributed by atoms with Gasteiger partial charge < -0.3 is 19.4 Å². The number of aromatic nitrogens is 1. The average Bonchev–Trinajstić information content (AvgIpc) is 2.60. The molecule has 1 aromatic heterocycles. The molecule has 1 heterocycles. The summed E-state index contributed by atoms with van der Waals surface area (Å²) < 4.78 is 49.3. The number of ether oxygens (including phenoxy) is 2. The van der Waals surface area contributed by atoms with Gasteiger partial charge >= 0.3 is 6.18 Å². The number of carbonyl (C=O) groups excluding carboxylic acids is 1. The second kappa shape index (κ2) is 7.94. The third kappa shape index (κ3) is 4.35. The van der Waals surface area contributed by atoms with Gasteiger partial charge in [0.2, 0.25) is 5.91 Å². The number of hydrogen-bond donors (Lipinski definition) is 1. The topological polar surface area (TPSA) is 69.6 Å². The van der Waals surface area contributed by atoms with Crippen LogP contribution in [0, 0.1) is 0 Å². The number of rotatable bonds is 6. The van der Waals surface area contributed by atoms with E-state index in [9.17, 15) is 22.8 Å². The van der Waals surface area contributed by atoms with Crippen LogP contribution in [0.5, 0.6) is 11.5 Å². The summed E-state index contributed by atoms with van der Waals surface area (Å²) in [4.78, 5) is 23.9. The van der Waals surface area contributed by atoms with Crippen LogP contribution < -0.4 is 20.3 Å². The highest BCUT2D eigenvalue weighted by molar-refractivity contribution is 5.75. The van der Waals surface area contributed by atoms with Crippen molar-refractivity contribution in [1.29, 1.82) is 0 Å². The zero-order chi connectivity index (χ0) is 19.3. The summed E-state index contributed by atoms with van der Waals surface area (Å²) in [6.07, 6.45) is -3.65. The number of alkyl halides is 3. The lowest BCUT2D eigenvalue weighted by Crippen LogP contribution is -2.34. The monoisotopic (exact) mass is 370 g/mol. The molecule has 140 valence electrons. The number of pyridine rings is 1. The highest BCUT2D eigenvalue weighted by Crippen LogP contribution is 2.30. The molecule has 6 nitrogen and oxygen atoms in total. The van der Waals surface area contributed by atoms with Crippen LogP contribution in [0.3, 0.4) is 0 Å². The summed E-state index contributed by atoms with van der Waals surface area (Å²) >= 11 is 0. The predicted octanol–water partition coefficient (Wildman–Crippen LogP) is 2.20. The lowest BCUT2D eigenvalue weighted by Gasteiger charge is -2.14. The molecule has 1 aromatic carbocycles. The first kappa shape index (κ1) is 19.4. The molecule has 2 aromatic rings. The van der Waals surface area contributed by atoms with Crippen LogP contribution >= 0.6 is 0 Å². The molecule has 0 bridgehead atoms. The number of amides is 1. The van der Waals surface area contributed by atoms with E-state index in [1.807, 2.05) is 0 Å². The molecule has 0 aliphatic carbocycles. The van der Waals surface area contributed by atoms with Crippen LogP contribution in [0.1, 0.15) is 11.1 Å². The fourth-order valence-corrected chi connectivity index (χ4v) is 2.37. The van der Waals surface area contributed by atoms with E-state index in [4.69, 9.17) is 9.47 Å². The first-order valence-corrected chi connectivity index (χ1v) is 7.51. The van der Waals surface area contributed by atoms with Gasteiger partial charge in [-0.15, -0.1) is 0 Å². The molecule has 0 aliphatic rings. The molecule has 0 spiro atoms. The Hall–Kier alpha value is -2.97. The second-order valence-corrected chi connectivity index (χ2v) is 5.28. The van der Waals surface area contributed by atoms with Crippen molar-refractivity contribution in [1.82, 2.24) is 9.88 Å². The molecule has 0 aliphatic heterocycles. The smallest absolute Gasteiger partial charge is 0.421 e. The lowest BCUT2D eigenvalue weighted by molar-refractivity contribution is -0.139. The van der Waals surface area contributed by atoms with Gasteiger partial charge in [0.05, 0.1) is 14.2 Å². The minimum absolute atomic E-state index is 0.0624. The zero-order valence-corrected chi connectivity index (χ0v) is 14.1. The fourth-order valence-electron chi connectivity index (χ4n) is 2.37. The minimum atomic E-state index is -4.77. The molecule has 0 saturated heterocycles. The largest absolute Gasteiger partial charge is 0.493 e. The normalized spacial score (nSPS) is 11.1. The molecule has 0 fully saturated rings. The third-order valence-corrected chi connectivity index (χ3v) is 3.60. The van der Waals surface area contributed by atoms with Crippen LogP contribution in [-0.2, 0) is 24.1 Å². The van der Waals surface area contributed by atoms with Crippen LogP contribution in [0.25, 0.3) is 0 Å². The Balaban J connectivity index is 2.11. The third-order valence-electron chi connectivity index (χ3n) is 3.60. The van der Waals surface area contributed by atoms with E-state index in [0.717, 1.165) is 12.3 Å². The van der Waals surface area contributed by atoms with Crippen molar-refractivity contribution in [2.75, 3.05) is 14.2 Å². The van der Waals surface area contributed by atoms with Gasteiger partial charge in [0.15, 0.2) is 11.5 Å². The zero-order valence-electron chi connectivity index (χ0n) is 14.1. The molecule has 9 heteroatoms. The van der Waals surface area contributed by atoms with Crippen LogP contribution in [0.4, 0.5) is 13.2 Å². The number of methoxy groups -OCH3 is 2. The minimum Gasteiger partial charge on any atom is -0.493 e. The van der Waals surface area contributed by atoms with Gasteiger partial charge in [-0.3, -0.25) is 9.59 Å². The van der Waals surface area contributed by atoms with Gasteiger partial charge in [-0.05, 0) is 18.2 Å². The van der Waals surface area contributed by atoms with Crippen molar-refractivity contribution in [2.45, 2.75) is 19.3 Å². The Kier molecular flexibility index (Phi) is 5.91. The standard InChI is InChI=1S/C17H17F3N2O4/c1-25-13-7-3-5-11(15(13)26-2)9-21-14(23)10-22-8-4-6-12(16(22)24)17(18,19)20/h3-8H,9-10H2,1-2H3,(H,21,23). The molecule has 2 rings (SSSR count). The van der Waals surface area contributed by atoms with Crippen molar-refractivity contribution < 1.29 is 27.4 Å². The fraction of sp³-hybridized carbons (Fsp3) is 0.294. The van der Waals surface area contributed by atoms with Crippen LogP contribution in [-0.4, -0.2) is 24.7 Å². The van der Waals surface area contributed by atoms with E-state index in [2.05, 4.69) is 5.32 Å². The molecule has 1 amide bonds. The average molecular weight is 370 g/mol. The maximum absolute atomic E-state index is 12.8. The summed E-state index contributed by atoms with van der Waals surface area (Å²) in [7, 11) is 2.92. The Bertz CT molecular complexity index is 847. The Morgan fingerprint density at radius 2 is 1.88 bits per heavy atom. The van der Waals surface area contributed by atoms with Crippen molar-refractivity contribution in [3.8, 4) is 11.5 Å². The second-order valence-electron chi connectivity index (χ2n) is 5.28. The maximum atomic E-state index is 12.8. The SMILES string of the molecule is COc1cccc(CNC(=O)Cn2cccc(C(F)(F)F)c2=O)c1OC. The highest BCUT2D eigenvalue weighted by Gasteiger charge is 2.34. The van der Waals surface area contributed by atoms with E-state index < -0.39 is 29.8 Å². The molecular formula is C17H17F3N2O4. The summed E-state index contributed by atoms with van der Waals surface area (Å²) in [5, 5.41) is 2.54. The number of nitrogens with one attached hydrogen (secondary N) is 1. The summed E-state index contributed by atoms with van der Waals surface area (Å²) in [6.45, 7) is -0.470. The van der Waals surface area contributed by atoms with Crippen molar-refractivity contribution in [3.63, 3.8) is 0 Å². The number of benzene rings is 1. The molecule has 0 unspecified atom stereocenters. The number of carbonyl (C=O) groups is 1.